The molecular weight excluding hydrogens is 306 g/mol. The Kier molecular flexibility index (Phi) is 4.39. The fourth-order valence-corrected chi connectivity index (χ4v) is 2.95. The van der Waals surface area contributed by atoms with Gasteiger partial charge in [0.05, 0.1) is 5.69 Å². The lowest BCUT2D eigenvalue weighted by molar-refractivity contribution is 0.102. The summed E-state index contributed by atoms with van der Waals surface area (Å²) < 4.78 is 0. The number of thiazole rings is 1. The maximum atomic E-state index is 12.3. The van der Waals surface area contributed by atoms with Crippen molar-refractivity contribution in [3.8, 4) is 11.3 Å². The highest BCUT2D eigenvalue weighted by molar-refractivity contribution is 7.14. The molecule has 1 aromatic heterocycles. The second-order valence-electron chi connectivity index (χ2n) is 5.13. The predicted molar refractivity (Wildman–Crippen MR) is 96.2 cm³/mol. The number of benzene rings is 2. The van der Waals surface area contributed by atoms with Crippen molar-refractivity contribution in [2.45, 2.75) is 6.92 Å². The van der Waals surface area contributed by atoms with Gasteiger partial charge in [0.15, 0.2) is 5.13 Å². The third-order valence-electron chi connectivity index (χ3n) is 3.55. The number of nitrogens with zero attached hydrogens (tertiary/aromatic N) is 1. The molecule has 3 rings (SSSR count). The van der Waals surface area contributed by atoms with Gasteiger partial charge in [-0.3, -0.25) is 4.79 Å². The summed E-state index contributed by atoms with van der Waals surface area (Å²) in [5, 5.41) is 8.85. The van der Waals surface area contributed by atoms with Gasteiger partial charge in [-0.2, -0.15) is 0 Å². The molecule has 0 aliphatic rings. The average molecular weight is 323 g/mol. The van der Waals surface area contributed by atoms with Crippen molar-refractivity contribution in [1.82, 2.24) is 4.98 Å². The van der Waals surface area contributed by atoms with E-state index in [4.69, 9.17) is 0 Å². The minimum absolute atomic E-state index is 0.0954. The topological polar surface area (TPSA) is 54.0 Å². The normalized spacial score (nSPS) is 10.3. The zero-order chi connectivity index (χ0) is 16.2. The molecule has 0 bridgehead atoms. The molecule has 0 atom stereocenters. The lowest BCUT2D eigenvalue weighted by Crippen LogP contribution is -2.13. The summed E-state index contributed by atoms with van der Waals surface area (Å²) in [5.41, 5.74) is 4.37. The SMILES string of the molecule is CNc1nc(-c2ccc(NC(=O)c3ccccc3C)cc2)cs1. The van der Waals surface area contributed by atoms with Gasteiger partial charge in [-0.1, -0.05) is 30.3 Å². The van der Waals surface area contributed by atoms with Crippen molar-refractivity contribution in [2.75, 3.05) is 17.7 Å². The van der Waals surface area contributed by atoms with Crippen LogP contribution in [-0.2, 0) is 0 Å². The number of hydrogen-bond donors (Lipinski definition) is 2. The molecule has 4 nitrogen and oxygen atoms in total. The third-order valence-corrected chi connectivity index (χ3v) is 4.41. The maximum absolute atomic E-state index is 12.3. The van der Waals surface area contributed by atoms with Crippen molar-refractivity contribution in [3.05, 3.63) is 65.0 Å². The van der Waals surface area contributed by atoms with E-state index in [9.17, 15) is 4.79 Å². The molecule has 0 saturated carbocycles. The largest absolute Gasteiger partial charge is 0.365 e. The van der Waals surface area contributed by atoms with Crippen LogP contribution in [0.25, 0.3) is 11.3 Å². The molecule has 0 spiro atoms. The second-order valence-corrected chi connectivity index (χ2v) is 5.99. The molecule has 116 valence electrons. The highest BCUT2D eigenvalue weighted by Gasteiger charge is 2.09. The van der Waals surface area contributed by atoms with Crippen LogP contribution >= 0.6 is 11.3 Å². The van der Waals surface area contributed by atoms with E-state index in [1.54, 1.807) is 11.3 Å². The molecule has 23 heavy (non-hydrogen) atoms. The Morgan fingerprint density at radius 2 is 1.83 bits per heavy atom. The van der Waals surface area contributed by atoms with Crippen LogP contribution in [-0.4, -0.2) is 17.9 Å². The number of rotatable bonds is 4. The maximum Gasteiger partial charge on any atom is 0.255 e. The number of aromatic nitrogens is 1. The van der Waals surface area contributed by atoms with Gasteiger partial charge in [0.25, 0.3) is 5.91 Å². The number of carbonyl (C=O) groups excluding carboxylic acids is 1. The monoisotopic (exact) mass is 323 g/mol. The van der Waals surface area contributed by atoms with E-state index in [2.05, 4.69) is 15.6 Å². The Hall–Kier alpha value is -2.66. The fraction of sp³-hybridized carbons (Fsp3) is 0.111. The number of hydrogen-bond acceptors (Lipinski definition) is 4. The van der Waals surface area contributed by atoms with Gasteiger partial charge in [0.1, 0.15) is 0 Å². The van der Waals surface area contributed by atoms with Gasteiger partial charge in [-0.25, -0.2) is 4.98 Å². The first kappa shape index (κ1) is 15.2. The quantitative estimate of drug-likeness (QED) is 0.747. The van der Waals surface area contributed by atoms with Crippen LogP contribution in [0.15, 0.2) is 53.9 Å². The van der Waals surface area contributed by atoms with Crippen molar-refractivity contribution in [1.29, 1.82) is 0 Å². The zero-order valence-corrected chi connectivity index (χ0v) is 13.8. The molecule has 0 radical (unpaired) electrons. The molecule has 0 aliphatic carbocycles. The lowest BCUT2D eigenvalue weighted by atomic mass is 10.1. The first-order chi connectivity index (χ1) is 11.2. The molecular formula is C18H17N3OS. The van der Waals surface area contributed by atoms with Crippen LogP contribution in [0.1, 0.15) is 15.9 Å². The third kappa shape index (κ3) is 3.40. The zero-order valence-electron chi connectivity index (χ0n) is 13.0. The minimum Gasteiger partial charge on any atom is -0.365 e. The van der Waals surface area contributed by atoms with Gasteiger partial charge in [0.2, 0.25) is 0 Å². The molecule has 1 heterocycles. The van der Waals surface area contributed by atoms with Crippen molar-refractivity contribution in [3.63, 3.8) is 0 Å². The van der Waals surface area contributed by atoms with E-state index in [-0.39, 0.29) is 5.91 Å². The van der Waals surface area contributed by atoms with Gasteiger partial charge >= 0.3 is 0 Å². The summed E-state index contributed by atoms with van der Waals surface area (Å²) in [6.07, 6.45) is 0. The Morgan fingerprint density at radius 1 is 1.09 bits per heavy atom. The Bertz CT molecular complexity index is 824. The Balaban J connectivity index is 1.75. The summed E-state index contributed by atoms with van der Waals surface area (Å²) in [7, 11) is 1.85. The van der Waals surface area contributed by atoms with E-state index < -0.39 is 0 Å². The molecule has 2 aromatic carbocycles. The Labute approximate surface area is 139 Å². The van der Waals surface area contributed by atoms with E-state index in [0.29, 0.717) is 5.56 Å². The average Bonchev–Trinajstić information content (AvgIpc) is 3.05. The van der Waals surface area contributed by atoms with E-state index in [1.807, 2.05) is 67.9 Å². The summed E-state index contributed by atoms with van der Waals surface area (Å²) >= 11 is 1.57. The minimum atomic E-state index is -0.0954. The summed E-state index contributed by atoms with van der Waals surface area (Å²) in [6.45, 7) is 1.93. The van der Waals surface area contributed by atoms with Crippen LogP contribution in [0.4, 0.5) is 10.8 Å². The molecule has 3 aromatic rings. The highest BCUT2D eigenvalue weighted by Crippen LogP contribution is 2.25. The van der Waals surface area contributed by atoms with Crippen molar-refractivity contribution < 1.29 is 4.79 Å². The molecule has 0 fully saturated rings. The van der Waals surface area contributed by atoms with E-state index >= 15 is 0 Å². The standard InChI is InChI=1S/C18H17N3OS/c1-12-5-3-4-6-15(12)17(22)20-14-9-7-13(8-10-14)16-11-23-18(19-2)21-16/h3-11H,1-2H3,(H,19,21)(H,20,22). The number of nitrogens with one attached hydrogen (secondary N) is 2. The second kappa shape index (κ2) is 6.62. The van der Waals surface area contributed by atoms with Crippen LogP contribution in [0, 0.1) is 6.92 Å². The Morgan fingerprint density at radius 3 is 2.48 bits per heavy atom. The molecule has 0 saturated heterocycles. The number of amides is 1. The lowest BCUT2D eigenvalue weighted by Gasteiger charge is -2.08. The van der Waals surface area contributed by atoms with E-state index in [1.165, 1.54) is 0 Å². The van der Waals surface area contributed by atoms with Gasteiger partial charge in [-0.05, 0) is 30.7 Å². The van der Waals surface area contributed by atoms with Gasteiger partial charge < -0.3 is 10.6 Å². The van der Waals surface area contributed by atoms with Gasteiger partial charge in [0, 0.05) is 29.2 Å². The van der Waals surface area contributed by atoms with Crippen LogP contribution < -0.4 is 10.6 Å². The molecule has 0 aliphatic heterocycles. The molecule has 5 heteroatoms. The van der Waals surface area contributed by atoms with Gasteiger partial charge in [-0.15, -0.1) is 11.3 Å². The van der Waals surface area contributed by atoms with Crippen molar-refractivity contribution >= 4 is 28.1 Å². The number of aryl methyl sites for hydroxylation is 1. The molecule has 1 amide bonds. The smallest absolute Gasteiger partial charge is 0.255 e. The predicted octanol–water partition coefficient (Wildman–Crippen LogP) is 4.41. The summed E-state index contributed by atoms with van der Waals surface area (Å²) in [5.74, 6) is -0.0954. The first-order valence-corrected chi connectivity index (χ1v) is 8.16. The van der Waals surface area contributed by atoms with Crippen LogP contribution in [0.2, 0.25) is 0 Å². The molecule has 2 N–H and O–H groups in total. The fourth-order valence-electron chi connectivity index (χ4n) is 2.27. The summed E-state index contributed by atoms with van der Waals surface area (Å²) in [6, 6.07) is 15.3. The van der Waals surface area contributed by atoms with Crippen molar-refractivity contribution in [2.24, 2.45) is 0 Å². The van der Waals surface area contributed by atoms with Crippen LogP contribution in [0.3, 0.4) is 0 Å². The first-order valence-electron chi connectivity index (χ1n) is 7.28. The van der Waals surface area contributed by atoms with E-state index in [0.717, 1.165) is 27.6 Å². The summed E-state index contributed by atoms with van der Waals surface area (Å²) in [4.78, 5) is 16.8. The van der Waals surface area contributed by atoms with Crippen LogP contribution in [0.5, 0.6) is 0 Å². The molecule has 0 unspecified atom stereocenters. The number of anilines is 2. The highest BCUT2D eigenvalue weighted by atomic mass is 32.1. The number of carbonyl (C=O) groups is 1.